The van der Waals surface area contributed by atoms with Crippen molar-refractivity contribution in [2.45, 2.75) is 12.0 Å². The van der Waals surface area contributed by atoms with Crippen molar-refractivity contribution in [3.63, 3.8) is 0 Å². The lowest BCUT2D eigenvalue weighted by Gasteiger charge is -2.32. The van der Waals surface area contributed by atoms with E-state index < -0.39 is 21.2 Å². The molecule has 0 bridgehead atoms. The van der Waals surface area contributed by atoms with E-state index in [1.54, 1.807) is 0 Å². The van der Waals surface area contributed by atoms with Gasteiger partial charge in [-0.3, -0.25) is 27.1 Å². The van der Waals surface area contributed by atoms with Crippen molar-refractivity contribution < 1.29 is 36.3 Å². The minimum absolute atomic E-state index is 0.0447. The molecule has 0 aliphatic carbocycles. The predicted molar refractivity (Wildman–Crippen MR) is 118 cm³/mol. The number of halogens is 6. The van der Waals surface area contributed by atoms with Crippen molar-refractivity contribution >= 4 is 85.3 Å². The Bertz CT molecular complexity index is 490. The third kappa shape index (κ3) is 13.3. The minimum atomic E-state index is -4.08. The van der Waals surface area contributed by atoms with Gasteiger partial charge in [-0.05, 0) is 0 Å². The zero-order valence-electron chi connectivity index (χ0n) is 15.4. The summed E-state index contributed by atoms with van der Waals surface area (Å²) in [7, 11) is -8.01. The van der Waals surface area contributed by atoms with Gasteiger partial charge in [0.05, 0.1) is 44.8 Å². The summed E-state index contributed by atoms with van der Waals surface area (Å²) in [5.74, 6) is -0.149. The molecule has 0 N–H and O–H groups in total. The smallest absolute Gasteiger partial charge is 0.287 e. The Morgan fingerprint density at radius 3 is 1.24 bits per heavy atom. The van der Waals surface area contributed by atoms with Crippen molar-refractivity contribution in [2.75, 3.05) is 68.3 Å². The Labute approximate surface area is 201 Å². The molecule has 0 heterocycles. The van der Waals surface area contributed by atoms with E-state index in [1.165, 1.54) is 0 Å². The first-order valence-electron chi connectivity index (χ1n) is 8.27. The van der Waals surface area contributed by atoms with Crippen LogP contribution in [0.4, 0.5) is 0 Å². The number of hydrogen-bond donors (Lipinski definition) is 0. The molecule has 29 heavy (non-hydrogen) atoms. The molecule has 0 aromatic heterocycles. The van der Waals surface area contributed by atoms with E-state index in [1.807, 2.05) is 0 Å². The maximum Gasteiger partial charge on any atom is 0.475 e. The first-order chi connectivity index (χ1) is 13.8. The van der Waals surface area contributed by atoms with Crippen molar-refractivity contribution in [3.05, 3.63) is 0 Å². The van der Waals surface area contributed by atoms with Gasteiger partial charge in [0.25, 0.3) is 0 Å². The van der Waals surface area contributed by atoms with Crippen molar-refractivity contribution in [1.29, 1.82) is 0 Å². The summed E-state index contributed by atoms with van der Waals surface area (Å²) in [4.78, 5) is 0. The van der Waals surface area contributed by atoms with Gasteiger partial charge in [-0.2, -0.15) is 0 Å². The number of alkyl halides is 6. The molecule has 0 radical (unpaired) electrons. The largest absolute Gasteiger partial charge is 0.475 e. The van der Waals surface area contributed by atoms with Gasteiger partial charge in [0.15, 0.2) is 0 Å². The van der Waals surface area contributed by atoms with Crippen LogP contribution in [0.1, 0.15) is 6.42 Å². The maximum atomic E-state index is 12.8. The molecule has 16 heteroatoms. The second-order valence-electron chi connectivity index (χ2n) is 5.11. The van der Waals surface area contributed by atoms with Crippen molar-refractivity contribution in [1.82, 2.24) is 0 Å². The molecule has 0 amide bonds. The van der Waals surface area contributed by atoms with E-state index in [-0.39, 0.29) is 74.7 Å². The summed E-state index contributed by atoms with van der Waals surface area (Å²) in [6.07, 6.45) is -0.0447. The molecule has 0 aliphatic rings. The third-order valence-corrected chi connectivity index (χ3v) is 7.60. The van der Waals surface area contributed by atoms with Gasteiger partial charge in [0, 0.05) is 29.9 Å². The Hall–Kier alpha value is 1.96. The summed E-state index contributed by atoms with van der Waals surface area (Å²) >= 11 is 34.2. The molecule has 0 saturated heterocycles. The molecule has 0 aromatic carbocycles. The van der Waals surface area contributed by atoms with Crippen LogP contribution >= 0.6 is 85.3 Å². The van der Waals surface area contributed by atoms with Crippen LogP contribution in [0.2, 0.25) is 0 Å². The summed E-state index contributed by atoms with van der Waals surface area (Å²) in [5.41, 5.74) is -1.40. The highest BCUT2D eigenvalue weighted by Gasteiger charge is 2.41. The Balaban J connectivity index is 5.14. The van der Waals surface area contributed by atoms with Gasteiger partial charge in [0.2, 0.25) is 0 Å². The van der Waals surface area contributed by atoms with Crippen LogP contribution in [0.15, 0.2) is 0 Å². The van der Waals surface area contributed by atoms with Crippen LogP contribution in [0.5, 0.6) is 0 Å². The molecule has 0 atom stereocenters. The predicted octanol–water partition coefficient (Wildman–Crippen LogP) is 5.86. The van der Waals surface area contributed by atoms with Gasteiger partial charge < -0.3 is 0 Å². The van der Waals surface area contributed by atoms with E-state index in [9.17, 15) is 9.13 Å². The van der Waals surface area contributed by atoms with E-state index in [2.05, 4.69) is 0 Å². The summed E-state index contributed by atoms with van der Waals surface area (Å²) in [5, 5.41) is 0. The van der Waals surface area contributed by atoms with Crippen molar-refractivity contribution in [2.24, 2.45) is 0 Å². The van der Waals surface area contributed by atoms with Crippen LogP contribution < -0.4 is 0 Å². The highest BCUT2D eigenvalue weighted by molar-refractivity contribution is 7.48. The third-order valence-electron chi connectivity index (χ3n) is 2.91. The molecular formula is C13H24Cl6O8P2. The standard InChI is InChI=1S/C13H24Cl6O8P2/c14-2-7-23-28(20,24-8-3-15)22-6-1-13(11-18,12-19)27-29(21,25-9-4-16)26-10-5-17/h1-12H2. The second-order valence-corrected chi connectivity index (χ2v) is 10.4. The first-order valence-corrected chi connectivity index (χ1v) is 14.4. The fraction of sp³-hybridized carbons (Fsp3) is 1.00. The molecule has 0 aliphatic heterocycles. The second kappa shape index (κ2) is 17.4. The highest BCUT2D eigenvalue weighted by Crippen LogP contribution is 2.54. The van der Waals surface area contributed by atoms with Gasteiger partial charge >= 0.3 is 15.6 Å². The first kappa shape index (κ1) is 31.0. The molecule has 0 fully saturated rings. The normalized spacial score (nSPS) is 13.2. The van der Waals surface area contributed by atoms with Crippen LogP contribution in [-0.4, -0.2) is 73.9 Å². The van der Waals surface area contributed by atoms with Crippen LogP contribution in [0.25, 0.3) is 0 Å². The Kier molecular flexibility index (Phi) is 18.6. The molecule has 8 nitrogen and oxygen atoms in total. The van der Waals surface area contributed by atoms with Gasteiger partial charge in [-0.1, -0.05) is 0 Å². The highest BCUT2D eigenvalue weighted by atomic mass is 35.5. The van der Waals surface area contributed by atoms with Crippen LogP contribution in [0, 0.1) is 0 Å². The molecule has 0 unspecified atom stereocenters. The molecular weight excluding hydrogens is 559 g/mol. The maximum absolute atomic E-state index is 12.8. The Morgan fingerprint density at radius 1 is 0.552 bits per heavy atom. The number of phosphoric acid groups is 2. The lowest BCUT2D eigenvalue weighted by Crippen LogP contribution is -2.38. The molecule has 0 aromatic rings. The topological polar surface area (TPSA) is 89.5 Å². The summed E-state index contributed by atoms with van der Waals surface area (Å²) in [6.45, 7) is -0.576. The average molecular weight is 583 g/mol. The number of hydrogen-bond acceptors (Lipinski definition) is 8. The lowest BCUT2D eigenvalue weighted by atomic mass is 10.1. The zero-order chi connectivity index (χ0) is 22.2. The van der Waals surface area contributed by atoms with Gasteiger partial charge in [-0.25, -0.2) is 9.13 Å². The summed E-state index contributed by atoms with van der Waals surface area (Å²) in [6, 6.07) is 0. The number of phosphoric ester groups is 2. The van der Waals surface area contributed by atoms with Crippen LogP contribution in [0.3, 0.4) is 0 Å². The molecule has 0 rings (SSSR count). The fourth-order valence-electron chi connectivity index (χ4n) is 1.63. The number of rotatable bonds is 20. The van der Waals surface area contributed by atoms with E-state index >= 15 is 0 Å². The molecule has 0 saturated carbocycles. The van der Waals surface area contributed by atoms with E-state index in [0.29, 0.717) is 0 Å². The van der Waals surface area contributed by atoms with Gasteiger partial charge in [0.1, 0.15) is 5.60 Å². The summed E-state index contributed by atoms with van der Waals surface area (Å²) < 4.78 is 56.5. The Morgan fingerprint density at radius 2 is 0.897 bits per heavy atom. The zero-order valence-corrected chi connectivity index (χ0v) is 21.7. The molecule has 0 spiro atoms. The average Bonchev–Trinajstić information content (AvgIpc) is 2.73. The SMILES string of the molecule is O=P(OCCCl)(OCCCl)OCCC(CCl)(CCl)OP(=O)(OCCCl)OCCCl. The van der Waals surface area contributed by atoms with E-state index in [4.69, 9.17) is 96.7 Å². The van der Waals surface area contributed by atoms with Crippen molar-refractivity contribution in [3.8, 4) is 0 Å². The van der Waals surface area contributed by atoms with Gasteiger partial charge in [-0.15, -0.1) is 69.6 Å². The van der Waals surface area contributed by atoms with E-state index in [0.717, 1.165) is 0 Å². The van der Waals surface area contributed by atoms with Crippen LogP contribution in [-0.2, 0) is 36.3 Å². The quantitative estimate of drug-likeness (QED) is 0.130. The molecule has 176 valence electrons. The monoisotopic (exact) mass is 580 g/mol. The minimum Gasteiger partial charge on any atom is -0.287 e. The lowest BCUT2D eigenvalue weighted by molar-refractivity contribution is 0.0219. The fourth-order valence-corrected chi connectivity index (χ4v) is 5.86.